The summed E-state index contributed by atoms with van der Waals surface area (Å²) < 4.78 is 41.1. The molecule has 1 atom stereocenters. The van der Waals surface area contributed by atoms with Crippen molar-refractivity contribution < 1.29 is 22.7 Å². The number of carbonyl (C=O) groups is 1. The second kappa shape index (κ2) is 8.60. The molecule has 2 aromatic rings. The number of hydrogen-bond acceptors (Lipinski definition) is 3. The molecule has 0 heterocycles. The Morgan fingerprint density at radius 2 is 1.81 bits per heavy atom. The van der Waals surface area contributed by atoms with E-state index in [0.29, 0.717) is 18.5 Å². The minimum absolute atomic E-state index is 0.127. The number of nitrogen functional groups attached to an aromatic ring is 1. The minimum Gasteiger partial charge on any atom is -0.484 e. The summed E-state index contributed by atoms with van der Waals surface area (Å²) in [5.41, 5.74) is 8.20. The van der Waals surface area contributed by atoms with Crippen molar-refractivity contribution in [2.75, 3.05) is 12.3 Å². The van der Waals surface area contributed by atoms with Crippen molar-refractivity contribution in [2.45, 2.75) is 32.0 Å². The molecule has 140 valence electrons. The van der Waals surface area contributed by atoms with Crippen molar-refractivity contribution in [1.29, 1.82) is 0 Å². The number of aryl methyl sites for hydroxylation is 1. The van der Waals surface area contributed by atoms with Crippen LogP contribution in [-0.4, -0.2) is 18.7 Å². The van der Waals surface area contributed by atoms with Crippen LogP contribution in [0.1, 0.15) is 30.5 Å². The van der Waals surface area contributed by atoms with E-state index in [1.165, 1.54) is 12.1 Å². The number of carbonyl (C=O) groups excluding carboxylic acids is 1. The van der Waals surface area contributed by atoms with Gasteiger partial charge in [-0.1, -0.05) is 30.3 Å². The molecule has 0 spiro atoms. The zero-order valence-electron chi connectivity index (χ0n) is 14.3. The number of nitrogens with one attached hydrogen (secondary N) is 1. The Morgan fingerprint density at radius 1 is 1.15 bits per heavy atom. The van der Waals surface area contributed by atoms with Crippen LogP contribution in [0.4, 0.5) is 18.9 Å². The number of nitrogens with two attached hydrogens (primary N) is 1. The molecular formula is C19H21F3N2O2. The van der Waals surface area contributed by atoms with E-state index in [0.717, 1.165) is 11.1 Å². The van der Waals surface area contributed by atoms with E-state index in [4.69, 9.17) is 5.73 Å². The number of anilines is 1. The van der Waals surface area contributed by atoms with Crippen molar-refractivity contribution in [1.82, 2.24) is 5.32 Å². The van der Waals surface area contributed by atoms with E-state index in [1.807, 2.05) is 18.2 Å². The first-order valence-corrected chi connectivity index (χ1v) is 8.17. The maximum absolute atomic E-state index is 12.1. The van der Waals surface area contributed by atoms with Gasteiger partial charge in [0.25, 0.3) is 0 Å². The summed E-state index contributed by atoms with van der Waals surface area (Å²) in [6, 6.07) is 13.3. The van der Waals surface area contributed by atoms with Crippen LogP contribution in [0.15, 0.2) is 48.5 Å². The second-order valence-electron chi connectivity index (χ2n) is 5.96. The van der Waals surface area contributed by atoms with Crippen LogP contribution in [-0.2, 0) is 11.2 Å². The maximum Gasteiger partial charge on any atom is 0.422 e. The van der Waals surface area contributed by atoms with Crippen LogP contribution in [0.3, 0.4) is 0 Å². The van der Waals surface area contributed by atoms with Crippen LogP contribution < -0.4 is 15.8 Å². The van der Waals surface area contributed by atoms with Crippen molar-refractivity contribution in [3.05, 3.63) is 59.7 Å². The van der Waals surface area contributed by atoms with E-state index >= 15 is 0 Å². The Bertz CT molecular complexity index is 730. The Hall–Kier alpha value is -2.70. The lowest BCUT2D eigenvalue weighted by Crippen LogP contribution is -2.26. The average Bonchev–Trinajstić information content (AvgIpc) is 2.59. The first kappa shape index (κ1) is 19.6. The predicted octanol–water partition coefficient (Wildman–Crippen LogP) is 4.02. The number of para-hydroxylation sites is 1. The lowest BCUT2D eigenvalue weighted by molar-refractivity contribution is -0.153. The fourth-order valence-electron chi connectivity index (χ4n) is 2.42. The van der Waals surface area contributed by atoms with E-state index < -0.39 is 12.8 Å². The highest BCUT2D eigenvalue weighted by Gasteiger charge is 2.28. The molecule has 2 rings (SSSR count). The van der Waals surface area contributed by atoms with Gasteiger partial charge >= 0.3 is 6.18 Å². The summed E-state index contributed by atoms with van der Waals surface area (Å²) in [5, 5.41) is 2.86. The number of ether oxygens (including phenoxy) is 1. The molecule has 2 aromatic carbocycles. The van der Waals surface area contributed by atoms with Gasteiger partial charge in [0.05, 0.1) is 6.04 Å². The van der Waals surface area contributed by atoms with Crippen LogP contribution in [0.2, 0.25) is 0 Å². The van der Waals surface area contributed by atoms with Gasteiger partial charge in [-0.3, -0.25) is 4.79 Å². The molecule has 0 bridgehead atoms. The zero-order chi connectivity index (χ0) is 19.2. The van der Waals surface area contributed by atoms with Crippen LogP contribution >= 0.6 is 0 Å². The van der Waals surface area contributed by atoms with Crippen LogP contribution in [0, 0.1) is 0 Å². The van der Waals surface area contributed by atoms with Gasteiger partial charge in [0.15, 0.2) is 6.61 Å². The fourth-order valence-corrected chi connectivity index (χ4v) is 2.42. The van der Waals surface area contributed by atoms with E-state index in [1.54, 1.807) is 25.1 Å². The van der Waals surface area contributed by atoms with Gasteiger partial charge in [-0.2, -0.15) is 13.2 Å². The normalized spacial score (nSPS) is 12.5. The summed E-state index contributed by atoms with van der Waals surface area (Å²) in [6.45, 7) is 0.474. The highest BCUT2D eigenvalue weighted by atomic mass is 19.4. The van der Waals surface area contributed by atoms with Gasteiger partial charge in [-0.15, -0.1) is 0 Å². The minimum atomic E-state index is -4.37. The van der Waals surface area contributed by atoms with Gasteiger partial charge in [-0.25, -0.2) is 0 Å². The molecule has 0 aliphatic carbocycles. The molecular weight excluding hydrogens is 345 g/mol. The summed E-state index contributed by atoms with van der Waals surface area (Å²) in [5.74, 6) is 0.00213. The number of rotatable bonds is 7. The molecule has 0 aliphatic heterocycles. The summed E-state index contributed by atoms with van der Waals surface area (Å²) in [6.07, 6.45) is -3.54. The molecule has 3 N–H and O–H groups in total. The summed E-state index contributed by atoms with van der Waals surface area (Å²) in [7, 11) is 0. The highest BCUT2D eigenvalue weighted by Crippen LogP contribution is 2.21. The van der Waals surface area contributed by atoms with Crippen molar-refractivity contribution in [3.63, 3.8) is 0 Å². The summed E-state index contributed by atoms with van der Waals surface area (Å²) in [4.78, 5) is 12.1. The van der Waals surface area contributed by atoms with Gasteiger partial charge in [0, 0.05) is 12.1 Å². The number of halogens is 3. The molecule has 0 radical (unpaired) electrons. The molecule has 4 nitrogen and oxygen atoms in total. The standard InChI is InChI=1S/C19H21F3N2O2/c1-13(14-6-9-16(10-7-14)26-12-19(20,21)22)24-18(25)11-8-15-4-2-3-5-17(15)23/h2-7,9-10,13H,8,11-12,23H2,1H3,(H,24,25). The summed E-state index contributed by atoms with van der Waals surface area (Å²) >= 11 is 0. The Morgan fingerprint density at radius 3 is 2.42 bits per heavy atom. The molecule has 0 fully saturated rings. The molecule has 7 heteroatoms. The van der Waals surface area contributed by atoms with Gasteiger partial charge < -0.3 is 15.8 Å². The number of hydrogen-bond donors (Lipinski definition) is 2. The van der Waals surface area contributed by atoms with Crippen molar-refractivity contribution >= 4 is 11.6 Å². The zero-order valence-corrected chi connectivity index (χ0v) is 14.3. The molecule has 0 saturated heterocycles. The number of amides is 1. The number of alkyl halides is 3. The molecule has 1 amide bonds. The Kier molecular flexibility index (Phi) is 6.49. The van der Waals surface area contributed by atoms with E-state index in [9.17, 15) is 18.0 Å². The fraction of sp³-hybridized carbons (Fsp3) is 0.316. The SMILES string of the molecule is CC(NC(=O)CCc1ccccc1N)c1ccc(OCC(F)(F)F)cc1. The third-order valence-electron chi connectivity index (χ3n) is 3.84. The predicted molar refractivity (Wildman–Crippen MR) is 93.7 cm³/mol. The highest BCUT2D eigenvalue weighted by molar-refractivity contribution is 5.77. The van der Waals surface area contributed by atoms with Crippen molar-refractivity contribution in [3.8, 4) is 5.75 Å². The molecule has 26 heavy (non-hydrogen) atoms. The molecule has 0 aliphatic rings. The van der Waals surface area contributed by atoms with E-state index in [-0.39, 0.29) is 17.7 Å². The van der Waals surface area contributed by atoms with Crippen molar-refractivity contribution in [2.24, 2.45) is 0 Å². The third-order valence-corrected chi connectivity index (χ3v) is 3.84. The van der Waals surface area contributed by atoms with Crippen LogP contribution in [0.5, 0.6) is 5.75 Å². The lowest BCUT2D eigenvalue weighted by Gasteiger charge is -2.15. The average molecular weight is 366 g/mol. The van der Waals surface area contributed by atoms with Gasteiger partial charge in [-0.05, 0) is 42.7 Å². The quantitative estimate of drug-likeness (QED) is 0.728. The first-order valence-electron chi connectivity index (χ1n) is 8.17. The Balaban J connectivity index is 1.83. The van der Waals surface area contributed by atoms with E-state index in [2.05, 4.69) is 10.1 Å². The number of benzene rings is 2. The first-order chi connectivity index (χ1) is 12.2. The molecule has 1 unspecified atom stereocenters. The molecule has 0 aromatic heterocycles. The largest absolute Gasteiger partial charge is 0.484 e. The smallest absolute Gasteiger partial charge is 0.422 e. The van der Waals surface area contributed by atoms with Crippen LogP contribution in [0.25, 0.3) is 0 Å². The third kappa shape index (κ3) is 6.31. The maximum atomic E-state index is 12.1. The van der Waals surface area contributed by atoms with Gasteiger partial charge in [0.1, 0.15) is 5.75 Å². The molecule has 0 saturated carbocycles. The Labute approximate surface area is 150 Å². The topological polar surface area (TPSA) is 64.4 Å². The second-order valence-corrected chi connectivity index (χ2v) is 5.96. The lowest BCUT2D eigenvalue weighted by atomic mass is 10.1. The van der Waals surface area contributed by atoms with Gasteiger partial charge in [0.2, 0.25) is 5.91 Å². The monoisotopic (exact) mass is 366 g/mol.